The third-order valence-corrected chi connectivity index (χ3v) is 2.49. The maximum atomic E-state index is 9.02. The highest BCUT2D eigenvalue weighted by Gasteiger charge is 2.18. The molecule has 1 atom stereocenters. The summed E-state index contributed by atoms with van der Waals surface area (Å²) in [6.45, 7) is 8.06. The van der Waals surface area contributed by atoms with Crippen LogP contribution < -0.4 is 5.32 Å². The molecule has 0 aromatic carbocycles. The quantitative estimate of drug-likeness (QED) is 0.663. The van der Waals surface area contributed by atoms with Crippen molar-refractivity contribution in [3.63, 3.8) is 0 Å². The molecule has 3 nitrogen and oxygen atoms in total. The summed E-state index contributed by atoms with van der Waals surface area (Å²) in [4.78, 5) is 0. The average Bonchev–Trinajstić information content (AvgIpc) is 2.57. The molecule has 1 rings (SSSR count). The lowest BCUT2D eigenvalue weighted by molar-refractivity contribution is 0.153. The SMILES string of the molecule is CC(C)(CO)CNCC1CCOC1. The highest BCUT2D eigenvalue weighted by Crippen LogP contribution is 2.13. The Labute approximate surface area is 80.5 Å². The van der Waals surface area contributed by atoms with Crippen LogP contribution in [0, 0.1) is 11.3 Å². The summed E-state index contributed by atoms with van der Waals surface area (Å²) in [5.74, 6) is 0.675. The van der Waals surface area contributed by atoms with Crippen LogP contribution in [0.1, 0.15) is 20.3 Å². The maximum Gasteiger partial charge on any atom is 0.0507 e. The van der Waals surface area contributed by atoms with E-state index >= 15 is 0 Å². The Kier molecular flexibility index (Phi) is 4.16. The Morgan fingerprint density at radius 3 is 2.85 bits per heavy atom. The number of hydrogen-bond donors (Lipinski definition) is 2. The Bertz CT molecular complexity index is 142. The van der Waals surface area contributed by atoms with Gasteiger partial charge in [-0.15, -0.1) is 0 Å². The fraction of sp³-hybridized carbons (Fsp3) is 1.00. The molecule has 0 spiro atoms. The minimum absolute atomic E-state index is 0.000534. The van der Waals surface area contributed by atoms with Crippen LogP contribution in [0.5, 0.6) is 0 Å². The largest absolute Gasteiger partial charge is 0.396 e. The van der Waals surface area contributed by atoms with Crippen molar-refractivity contribution < 1.29 is 9.84 Å². The lowest BCUT2D eigenvalue weighted by atomic mass is 9.95. The molecule has 3 heteroatoms. The van der Waals surface area contributed by atoms with Gasteiger partial charge >= 0.3 is 0 Å². The van der Waals surface area contributed by atoms with Crippen molar-refractivity contribution in [2.24, 2.45) is 11.3 Å². The lowest BCUT2D eigenvalue weighted by Gasteiger charge is -2.22. The fourth-order valence-corrected chi connectivity index (χ4v) is 1.41. The Morgan fingerprint density at radius 2 is 2.31 bits per heavy atom. The molecular weight excluding hydrogens is 166 g/mol. The number of nitrogens with one attached hydrogen (secondary N) is 1. The van der Waals surface area contributed by atoms with Crippen molar-refractivity contribution >= 4 is 0 Å². The molecule has 1 aliphatic heterocycles. The van der Waals surface area contributed by atoms with Crippen molar-refractivity contribution in [3.05, 3.63) is 0 Å². The van der Waals surface area contributed by atoms with Crippen LogP contribution in [0.4, 0.5) is 0 Å². The van der Waals surface area contributed by atoms with Gasteiger partial charge in [0, 0.05) is 31.7 Å². The third kappa shape index (κ3) is 4.07. The maximum absolute atomic E-state index is 9.02. The topological polar surface area (TPSA) is 41.5 Å². The van der Waals surface area contributed by atoms with E-state index in [0.29, 0.717) is 5.92 Å². The molecule has 0 aromatic heterocycles. The summed E-state index contributed by atoms with van der Waals surface area (Å²) in [6.07, 6.45) is 1.17. The Hall–Kier alpha value is -0.120. The first-order valence-electron chi connectivity index (χ1n) is 5.03. The number of aliphatic hydroxyl groups excluding tert-OH is 1. The van der Waals surface area contributed by atoms with Gasteiger partial charge in [-0.2, -0.15) is 0 Å². The predicted octanol–water partition coefficient (Wildman–Crippen LogP) is 0.631. The van der Waals surface area contributed by atoms with Crippen molar-refractivity contribution in [1.82, 2.24) is 5.32 Å². The van der Waals surface area contributed by atoms with E-state index in [0.717, 1.165) is 26.3 Å². The molecule has 0 amide bonds. The summed E-state index contributed by atoms with van der Waals surface area (Å²) in [7, 11) is 0. The lowest BCUT2D eigenvalue weighted by Crippen LogP contribution is -2.35. The fourth-order valence-electron chi connectivity index (χ4n) is 1.41. The summed E-state index contributed by atoms with van der Waals surface area (Å²) in [6, 6.07) is 0. The second kappa shape index (κ2) is 4.94. The van der Waals surface area contributed by atoms with Crippen molar-refractivity contribution in [1.29, 1.82) is 0 Å². The van der Waals surface area contributed by atoms with E-state index in [1.807, 2.05) is 0 Å². The van der Waals surface area contributed by atoms with E-state index in [-0.39, 0.29) is 12.0 Å². The minimum atomic E-state index is -0.000534. The highest BCUT2D eigenvalue weighted by atomic mass is 16.5. The normalized spacial score (nSPS) is 23.8. The van der Waals surface area contributed by atoms with Gasteiger partial charge < -0.3 is 15.2 Å². The van der Waals surface area contributed by atoms with Gasteiger partial charge in [0.25, 0.3) is 0 Å². The molecule has 0 saturated carbocycles. The number of ether oxygens (including phenoxy) is 1. The van der Waals surface area contributed by atoms with E-state index < -0.39 is 0 Å². The number of rotatable bonds is 5. The Balaban J connectivity index is 2.06. The summed E-state index contributed by atoms with van der Waals surface area (Å²) in [5.41, 5.74) is -0.000534. The first kappa shape index (κ1) is 11.0. The van der Waals surface area contributed by atoms with E-state index in [2.05, 4.69) is 19.2 Å². The van der Waals surface area contributed by atoms with E-state index in [1.165, 1.54) is 6.42 Å². The zero-order valence-electron chi connectivity index (χ0n) is 8.68. The third-order valence-electron chi connectivity index (χ3n) is 2.49. The minimum Gasteiger partial charge on any atom is -0.396 e. The van der Waals surface area contributed by atoms with Crippen LogP contribution in [0.15, 0.2) is 0 Å². The summed E-state index contributed by atoms with van der Waals surface area (Å²) < 4.78 is 5.28. The van der Waals surface area contributed by atoms with Gasteiger partial charge in [-0.1, -0.05) is 13.8 Å². The molecule has 13 heavy (non-hydrogen) atoms. The number of aliphatic hydroxyl groups is 1. The molecule has 0 aliphatic carbocycles. The van der Waals surface area contributed by atoms with E-state index in [1.54, 1.807) is 0 Å². The van der Waals surface area contributed by atoms with Gasteiger partial charge in [0.05, 0.1) is 6.61 Å². The van der Waals surface area contributed by atoms with E-state index in [9.17, 15) is 0 Å². The molecule has 1 saturated heterocycles. The van der Waals surface area contributed by atoms with Crippen molar-refractivity contribution in [2.75, 3.05) is 32.9 Å². The highest BCUT2D eigenvalue weighted by molar-refractivity contribution is 4.73. The van der Waals surface area contributed by atoms with Crippen molar-refractivity contribution in [2.45, 2.75) is 20.3 Å². The number of hydrogen-bond acceptors (Lipinski definition) is 3. The van der Waals surface area contributed by atoms with Crippen molar-refractivity contribution in [3.8, 4) is 0 Å². The molecule has 1 fully saturated rings. The first-order valence-corrected chi connectivity index (χ1v) is 5.03. The van der Waals surface area contributed by atoms with Crippen LogP contribution >= 0.6 is 0 Å². The van der Waals surface area contributed by atoms with E-state index in [4.69, 9.17) is 9.84 Å². The monoisotopic (exact) mass is 187 g/mol. The van der Waals surface area contributed by atoms with Crippen LogP contribution in [0.3, 0.4) is 0 Å². The molecule has 1 heterocycles. The molecule has 1 aliphatic rings. The summed E-state index contributed by atoms with van der Waals surface area (Å²) in [5, 5.41) is 12.4. The van der Waals surface area contributed by atoms with Gasteiger partial charge in [0.2, 0.25) is 0 Å². The Morgan fingerprint density at radius 1 is 1.54 bits per heavy atom. The zero-order chi connectivity index (χ0) is 9.73. The average molecular weight is 187 g/mol. The standard InChI is InChI=1S/C10H21NO2/c1-10(2,8-12)7-11-5-9-3-4-13-6-9/h9,11-12H,3-8H2,1-2H3. The molecule has 0 radical (unpaired) electrons. The second-order valence-electron chi connectivity index (χ2n) is 4.68. The summed E-state index contributed by atoms with van der Waals surface area (Å²) >= 11 is 0. The van der Waals surface area contributed by atoms with Crippen LogP contribution in [0.2, 0.25) is 0 Å². The second-order valence-corrected chi connectivity index (χ2v) is 4.68. The zero-order valence-corrected chi connectivity index (χ0v) is 8.68. The predicted molar refractivity (Wildman–Crippen MR) is 52.7 cm³/mol. The van der Waals surface area contributed by atoms with Gasteiger partial charge in [-0.25, -0.2) is 0 Å². The van der Waals surface area contributed by atoms with Gasteiger partial charge in [-0.3, -0.25) is 0 Å². The van der Waals surface area contributed by atoms with Gasteiger partial charge in [-0.05, 0) is 12.3 Å². The molecule has 1 unspecified atom stereocenters. The smallest absolute Gasteiger partial charge is 0.0507 e. The molecule has 78 valence electrons. The molecular formula is C10H21NO2. The molecule has 0 aromatic rings. The van der Waals surface area contributed by atoms with Crippen LogP contribution in [0.25, 0.3) is 0 Å². The molecule has 0 bridgehead atoms. The van der Waals surface area contributed by atoms with Gasteiger partial charge in [0.1, 0.15) is 0 Å². The molecule has 2 N–H and O–H groups in total. The van der Waals surface area contributed by atoms with Crippen LogP contribution in [-0.2, 0) is 4.74 Å². The first-order chi connectivity index (χ1) is 6.14. The van der Waals surface area contributed by atoms with Gasteiger partial charge in [0.15, 0.2) is 0 Å². The van der Waals surface area contributed by atoms with Crippen LogP contribution in [-0.4, -0.2) is 38.0 Å².